The number of nitrogens with one attached hydrogen (secondary N) is 2. The van der Waals surface area contributed by atoms with Crippen molar-refractivity contribution in [1.29, 1.82) is 0 Å². The number of anilines is 1. The van der Waals surface area contributed by atoms with E-state index in [1.807, 2.05) is 30.3 Å². The van der Waals surface area contributed by atoms with E-state index >= 15 is 0 Å². The lowest BCUT2D eigenvalue weighted by atomic mass is 10.0. The van der Waals surface area contributed by atoms with Gasteiger partial charge in [0.2, 0.25) is 5.91 Å². The summed E-state index contributed by atoms with van der Waals surface area (Å²) in [6.45, 7) is 0.889. The Balaban J connectivity index is 1.53. The van der Waals surface area contributed by atoms with Gasteiger partial charge in [0, 0.05) is 19.3 Å². The third kappa shape index (κ3) is 5.26. The van der Waals surface area contributed by atoms with Crippen molar-refractivity contribution >= 4 is 23.6 Å². The Bertz CT molecular complexity index is 1120. The number of amides is 3. The van der Waals surface area contributed by atoms with Crippen LogP contribution in [0.15, 0.2) is 77.4 Å². The summed E-state index contributed by atoms with van der Waals surface area (Å²) in [5.74, 6) is -0.522. The fraction of sp³-hybridized carbons (Fsp3) is 0.240. The highest BCUT2D eigenvalue weighted by Gasteiger charge is 2.46. The van der Waals surface area contributed by atoms with Crippen LogP contribution in [0.3, 0.4) is 0 Å². The SMILES string of the molecule is COCCNC(=O)[C@@H]1[C@@H](c2ccc(NC(=O)c3ccco3)cc2)OC(=O)N1Cc1ccccc1. The zero-order valence-corrected chi connectivity index (χ0v) is 18.6. The Labute approximate surface area is 196 Å². The van der Waals surface area contributed by atoms with Crippen molar-refractivity contribution in [3.8, 4) is 0 Å². The molecule has 0 unspecified atom stereocenters. The van der Waals surface area contributed by atoms with Gasteiger partial charge in [-0.25, -0.2) is 4.79 Å². The predicted molar refractivity (Wildman–Crippen MR) is 123 cm³/mol. The molecule has 4 rings (SSSR count). The van der Waals surface area contributed by atoms with Crippen molar-refractivity contribution in [1.82, 2.24) is 10.2 Å². The summed E-state index contributed by atoms with van der Waals surface area (Å²) < 4.78 is 15.8. The Morgan fingerprint density at radius 2 is 1.79 bits per heavy atom. The van der Waals surface area contributed by atoms with Crippen molar-refractivity contribution in [3.05, 3.63) is 89.9 Å². The number of hydrogen-bond donors (Lipinski definition) is 2. The molecule has 0 radical (unpaired) electrons. The maximum Gasteiger partial charge on any atom is 0.411 e. The summed E-state index contributed by atoms with van der Waals surface area (Å²) in [5, 5.41) is 5.55. The first-order chi connectivity index (χ1) is 16.6. The van der Waals surface area contributed by atoms with Crippen LogP contribution in [-0.4, -0.2) is 49.1 Å². The first kappa shape index (κ1) is 23.1. The lowest BCUT2D eigenvalue weighted by molar-refractivity contribution is -0.126. The Morgan fingerprint density at radius 1 is 1.03 bits per heavy atom. The smallest absolute Gasteiger partial charge is 0.411 e. The van der Waals surface area contributed by atoms with Crippen LogP contribution in [0.4, 0.5) is 10.5 Å². The van der Waals surface area contributed by atoms with E-state index in [1.165, 1.54) is 11.2 Å². The van der Waals surface area contributed by atoms with Gasteiger partial charge in [0.05, 0.1) is 19.4 Å². The second-order valence-corrected chi connectivity index (χ2v) is 7.70. The lowest BCUT2D eigenvalue weighted by Crippen LogP contribution is -2.46. The lowest BCUT2D eigenvalue weighted by Gasteiger charge is -2.24. The number of carbonyl (C=O) groups excluding carboxylic acids is 3. The van der Waals surface area contributed by atoms with E-state index in [1.54, 1.807) is 43.5 Å². The molecule has 2 aromatic carbocycles. The Kier molecular flexibility index (Phi) is 7.24. The third-order valence-electron chi connectivity index (χ3n) is 5.40. The summed E-state index contributed by atoms with van der Waals surface area (Å²) >= 11 is 0. The summed E-state index contributed by atoms with van der Waals surface area (Å²) in [6, 6.07) is 18.5. The van der Waals surface area contributed by atoms with Gasteiger partial charge in [0.25, 0.3) is 5.91 Å². The normalized spacial score (nSPS) is 17.3. The van der Waals surface area contributed by atoms with Crippen LogP contribution >= 0.6 is 0 Å². The molecule has 9 heteroatoms. The van der Waals surface area contributed by atoms with Gasteiger partial charge in [-0.05, 0) is 35.4 Å². The number of ether oxygens (including phenoxy) is 2. The summed E-state index contributed by atoms with van der Waals surface area (Å²) in [7, 11) is 1.55. The number of benzene rings is 2. The average Bonchev–Trinajstić information content (AvgIpc) is 3.49. The van der Waals surface area contributed by atoms with Crippen LogP contribution in [0.5, 0.6) is 0 Å². The van der Waals surface area contributed by atoms with Crippen LogP contribution in [0.25, 0.3) is 0 Å². The van der Waals surface area contributed by atoms with Gasteiger partial charge in [0.1, 0.15) is 0 Å². The van der Waals surface area contributed by atoms with E-state index in [-0.39, 0.29) is 24.1 Å². The van der Waals surface area contributed by atoms with Crippen molar-refractivity contribution in [2.24, 2.45) is 0 Å². The molecule has 34 heavy (non-hydrogen) atoms. The molecule has 3 aromatic rings. The van der Waals surface area contributed by atoms with Crippen molar-refractivity contribution < 1.29 is 28.3 Å². The Morgan fingerprint density at radius 3 is 2.47 bits per heavy atom. The minimum atomic E-state index is -0.867. The molecule has 176 valence electrons. The quantitative estimate of drug-likeness (QED) is 0.471. The van der Waals surface area contributed by atoms with Crippen LogP contribution < -0.4 is 10.6 Å². The van der Waals surface area contributed by atoms with E-state index in [2.05, 4.69) is 10.6 Å². The molecule has 1 aliphatic heterocycles. The summed E-state index contributed by atoms with van der Waals surface area (Å²) in [5.41, 5.74) is 2.05. The fourth-order valence-electron chi connectivity index (χ4n) is 3.73. The molecule has 1 fully saturated rings. The molecule has 2 N–H and O–H groups in total. The van der Waals surface area contributed by atoms with E-state index in [9.17, 15) is 14.4 Å². The first-order valence-electron chi connectivity index (χ1n) is 10.8. The maximum absolute atomic E-state index is 13.1. The molecule has 0 bridgehead atoms. The van der Waals surface area contributed by atoms with E-state index in [0.29, 0.717) is 24.4 Å². The molecule has 3 amide bonds. The average molecular weight is 463 g/mol. The highest BCUT2D eigenvalue weighted by Crippen LogP contribution is 2.34. The van der Waals surface area contributed by atoms with Crippen LogP contribution in [-0.2, 0) is 20.8 Å². The molecule has 0 aliphatic carbocycles. The fourth-order valence-corrected chi connectivity index (χ4v) is 3.73. The third-order valence-corrected chi connectivity index (χ3v) is 5.40. The van der Waals surface area contributed by atoms with E-state index < -0.39 is 18.2 Å². The number of rotatable bonds is 9. The summed E-state index contributed by atoms with van der Waals surface area (Å²) in [4.78, 5) is 39.5. The summed E-state index contributed by atoms with van der Waals surface area (Å²) in [6.07, 6.45) is 0.0374. The molecule has 2 heterocycles. The van der Waals surface area contributed by atoms with Gasteiger partial charge >= 0.3 is 6.09 Å². The van der Waals surface area contributed by atoms with Crippen LogP contribution in [0, 0.1) is 0 Å². The van der Waals surface area contributed by atoms with Gasteiger partial charge in [0.15, 0.2) is 17.9 Å². The number of hydrogen-bond acceptors (Lipinski definition) is 6. The minimum absolute atomic E-state index is 0.193. The standard InChI is InChI=1S/C25H25N3O6/c1-32-15-13-26-24(30)21-22(34-25(31)28(21)16-17-6-3-2-4-7-17)18-9-11-19(12-10-18)27-23(29)20-8-5-14-33-20/h2-12,14,21-22H,13,15-16H2,1H3,(H,26,30)(H,27,29)/t21-,22+/m0/s1. The number of methoxy groups -OCH3 is 1. The van der Waals surface area contributed by atoms with Gasteiger partial charge in [-0.3, -0.25) is 14.5 Å². The molecule has 1 aliphatic rings. The number of nitrogens with zero attached hydrogens (tertiary/aromatic N) is 1. The second-order valence-electron chi connectivity index (χ2n) is 7.70. The monoisotopic (exact) mass is 463 g/mol. The zero-order valence-electron chi connectivity index (χ0n) is 18.6. The van der Waals surface area contributed by atoms with Crippen molar-refractivity contribution in [2.45, 2.75) is 18.7 Å². The number of furan rings is 1. The van der Waals surface area contributed by atoms with Crippen LogP contribution in [0.2, 0.25) is 0 Å². The van der Waals surface area contributed by atoms with Gasteiger partial charge in [-0.15, -0.1) is 0 Å². The van der Waals surface area contributed by atoms with Crippen LogP contribution in [0.1, 0.15) is 27.8 Å². The topological polar surface area (TPSA) is 110 Å². The second kappa shape index (κ2) is 10.7. The minimum Gasteiger partial charge on any atom is -0.459 e. The molecular weight excluding hydrogens is 438 g/mol. The highest BCUT2D eigenvalue weighted by atomic mass is 16.6. The maximum atomic E-state index is 13.1. The van der Waals surface area contributed by atoms with Gasteiger partial charge in [-0.2, -0.15) is 0 Å². The molecular formula is C25H25N3O6. The molecule has 9 nitrogen and oxygen atoms in total. The number of cyclic esters (lactones) is 1. The predicted octanol–water partition coefficient (Wildman–Crippen LogP) is 3.36. The molecule has 0 spiro atoms. The molecule has 1 aromatic heterocycles. The largest absolute Gasteiger partial charge is 0.459 e. The van der Waals surface area contributed by atoms with E-state index in [4.69, 9.17) is 13.9 Å². The van der Waals surface area contributed by atoms with E-state index in [0.717, 1.165) is 5.56 Å². The molecule has 1 saturated heterocycles. The zero-order chi connectivity index (χ0) is 23.9. The number of carbonyl (C=O) groups is 3. The first-order valence-corrected chi connectivity index (χ1v) is 10.8. The van der Waals surface area contributed by atoms with Crippen molar-refractivity contribution in [3.63, 3.8) is 0 Å². The Hall–Kier alpha value is -4.11. The van der Waals surface area contributed by atoms with Crippen molar-refractivity contribution in [2.75, 3.05) is 25.6 Å². The van der Waals surface area contributed by atoms with Gasteiger partial charge in [-0.1, -0.05) is 42.5 Å². The molecule has 0 saturated carbocycles. The van der Waals surface area contributed by atoms with Gasteiger partial charge < -0.3 is 24.5 Å². The molecule has 2 atom stereocenters. The highest BCUT2D eigenvalue weighted by molar-refractivity contribution is 6.02.